The smallest absolute Gasteiger partial charge is 0.350 e. The van der Waals surface area contributed by atoms with E-state index in [2.05, 4.69) is 4.98 Å². The molecule has 1 aromatic rings. The van der Waals surface area contributed by atoms with Crippen LogP contribution in [0.3, 0.4) is 0 Å². The first kappa shape index (κ1) is 15.5. The first-order valence-electron chi connectivity index (χ1n) is 8.07. The van der Waals surface area contributed by atoms with E-state index >= 15 is 0 Å². The van der Waals surface area contributed by atoms with Crippen LogP contribution in [0.1, 0.15) is 64.8 Å². The number of carbonyl (C=O) groups excluding carboxylic acids is 2. The van der Waals surface area contributed by atoms with E-state index in [0.717, 1.165) is 49.5 Å². The van der Waals surface area contributed by atoms with Crippen LogP contribution in [-0.2, 0) is 9.53 Å². The fourth-order valence-electron chi connectivity index (χ4n) is 3.20. The molecule has 120 valence electrons. The molecular weight excluding hydrogens is 300 g/mol. The van der Waals surface area contributed by atoms with Crippen LogP contribution in [-0.4, -0.2) is 41.5 Å². The Morgan fingerprint density at radius 2 is 1.91 bits per heavy atom. The Balaban J connectivity index is 1.58. The molecular formula is C16H22N2O3S. The number of nitrogens with zero attached hydrogens (tertiary/aromatic N) is 2. The number of carbonyl (C=O) groups is 2. The standard InChI is InChI=1S/C16H22N2O3S/c1-11-14(22-15(17-11)12-6-2-3-7-12)16(20)21-10-13(19)18-8-4-5-9-18/h12H,2-10H2,1H3. The predicted octanol–water partition coefficient (Wildman–Crippen LogP) is 2.89. The molecule has 2 aliphatic rings. The van der Waals surface area contributed by atoms with Crippen molar-refractivity contribution < 1.29 is 14.3 Å². The summed E-state index contributed by atoms with van der Waals surface area (Å²) in [6, 6.07) is 0. The number of amides is 1. The molecule has 0 atom stereocenters. The van der Waals surface area contributed by atoms with Crippen molar-refractivity contribution in [3.05, 3.63) is 15.6 Å². The molecule has 2 fully saturated rings. The van der Waals surface area contributed by atoms with Gasteiger partial charge in [0.15, 0.2) is 6.61 Å². The monoisotopic (exact) mass is 322 g/mol. The molecule has 1 aliphatic heterocycles. The minimum Gasteiger partial charge on any atom is -0.451 e. The first-order valence-corrected chi connectivity index (χ1v) is 8.89. The van der Waals surface area contributed by atoms with E-state index in [-0.39, 0.29) is 12.5 Å². The van der Waals surface area contributed by atoms with Gasteiger partial charge in [-0.25, -0.2) is 9.78 Å². The van der Waals surface area contributed by atoms with E-state index in [0.29, 0.717) is 10.8 Å². The third kappa shape index (κ3) is 3.32. The van der Waals surface area contributed by atoms with Crippen molar-refractivity contribution in [2.24, 2.45) is 0 Å². The Morgan fingerprint density at radius 1 is 1.23 bits per heavy atom. The molecule has 0 spiro atoms. The van der Waals surface area contributed by atoms with Crippen molar-refractivity contribution in [2.75, 3.05) is 19.7 Å². The number of hydrogen-bond donors (Lipinski definition) is 0. The van der Waals surface area contributed by atoms with Crippen molar-refractivity contribution in [2.45, 2.75) is 51.4 Å². The van der Waals surface area contributed by atoms with Gasteiger partial charge in [-0.3, -0.25) is 4.79 Å². The summed E-state index contributed by atoms with van der Waals surface area (Å²) >= 11 is 1.44. The normalized spacial score (nSPS) is 18.9. The van der Waals surface area contributed by atoms with Gasteiger partial charge in [-0.15, -0.1) is 11.3 Å². The highest BCUT2D eigenvalue weighted by atomic mass is 32.1. The fourth-order valence-corrected chi connectivity index (χ4v) is 4.33. The summed E-state index contributed by atoms with van der Waals surface area (Å²) in [6.07, 6.45) is 6.89. The van der Waals surface area contributed by atoms with E-state index in [1.807, 2.05) is 6.92 Å². The Kier molecular flexibility index (Phi) is 4.76. The maximum absolute atomic E-state index is 12.2. The van der Waals surface area contributed by atoms with Gasteiger partial charge in [0.05, 0.1) is 10.7 Å². The lowest BCUT2D eigenvalue weighted by molar-refractivity contribution is -0.133. The van der Waals surface area contributed by atoms with Gasteiger partial charge in [0.2, 0.25) is 0 Å². The van der Waals surface area contributed by atoms with Crippen molar-refractivity contribution >= 4 is 23.2 Å². The molecule has 5 nitrogen and oxygen atoms in total. The highest BCUT2D eigenvalue weighted by Gasteiger charge is 2.25. The average molecular weight is 322 g/mol. The van der Waals surface area contributed by atoms with Gasteiger partial charge >= 0.3 is 5.97 Å². The number of rotatable bonds is 4. The Morgan fingerprint density at radius 3 is 2.59 bits per heavy atom. The summed E-state index contributed by atoms with van der Waals surface area (Å²) in [5, 5.41) is 1.05. The highest BCUT2D eigenvalue weighted by molar-refractivity contribution is 7.13. The summed E-state index contributed by atoms with van der Waals surface area (Å²) < 4.78 is 5.20. The molecule has 1 saturated carbocycles. The van der Waals surface area contributed by atoms with Crippen molar-refractivity contribution in [3.8, 4) is 0 Å². The van der Waals surface area contributed by atoms with Gasteiger partial charge < -0.3 is 9.64 Å². The van der Waals surface area contributed by atoms with Crippen LogP contribution in [0, 0.1) is 6.92 Å². The van der Waals surface area contributed by atoms with Crippen molar-refractivity contribution in [3.63, 3.8) is 0 Å². The van der Waals surface area contributed by atoms with Gasteiger partial charge in [0, 0.05) is 19.0 Å². The predicted molar refractivity (Wildman–Crippen MR) is 84.2 cm³/mol. The molecule has 1 amide bonds. The third-order valence-electron chi connectivity index (χ3n) is 4.49. The number of aryl methyl sites for hydroxylation is 1. The minimum absolute atomic E-state index is 0.0935. The second-order valence-electron chi connectivity index (χ2n) is 6.11. The molecule has 0 unspecified atom stereocenters. The van der Waals surface area contributed by atoms with Crippen LogP contribution >= 0.6 is 11.3 Å². The SMILES string of the molecule is Cc1nc(C2CCCC2)sc1C(=O)OCC(=O)N1CCCC1. The van der Waals surface area contributed by atoms with Crippen molar-refractivity contribution in [1.29, 1.82) is 0 Å². The van der Waals surface area contributed by atoms with Crippen LogP contribution in [0.15, 0.2) is 0 Å². The topological polar surface area (TPSA) is 59.5 Å². The molecule has 0 N–H and O–H groups in total. The molecule has 1 aromatic heterocycles. The number of hydrogen-bond acceptors (Lipinski definition) is 5. The van der Waals surface area contributed by atoms with E-state index in [9.17, 15) is 9.59 Å². The molecule has 2 heterocycles. The van der Waals surface area contributed by atoms with E-state index in [1.54, 1.807) is 4.90 Å². The lowest BCUT2D eigenvalue weighted by atomic mass is 10.1. The van der Waals surface area contributed by atoms with Crippen LogP contribution in [0.5, 0.6) is 0 Å². The molecule has 0 radical (unpaired) electrons. The second-order valence-corrected chi connectivity index (χ2v) is 7.14. The molecule has 1 aliphatic carbocycles. The lowest BCUT2D eigenvalue weighted by Crippen LogP contribution is -2.32. The van der Waals surface area contributed by atoms with Gasteiger partial charge in [0.1, 0.15) is 4.88 Å². The molecule has 1 saturated heterocycles. The van der Waals surface area contributed by atoms with Gasteiger partial charge in [-0.05, 0) is 32.6 Å². The van der Waals surface area contributed by atoms with E-state index in [4.69, 9.17) is 4.74 Å². The molecule has 22 heavy (non-hydrogen) atoms. The summed E-state index contributed by atoms with van der Waals surface area (Å²) in [5.41, 5.74) is 0.727. The van der Waals surface area contributed by atoms with E-state index < -0.39 is 5.97 Å². The van der Waals surface area contributed by atoms with E-state index in [1.165, 1.54) is 24.2 Å². The quantitative estimate of drug-likeness (QED) is 0.800. The van der Waals surface area contributed by atoms with Gasteiger partial charge in [0.25, 0.3) is 5.91 Å². The molecule has 6 heteroatoms. The number of likely N-dealkylation sites (tertiary alicyclic amines) is 1. The van der Waals surface area contributed by atoms with Crippen LogP contribution in [0.4, 0.5) is 0 Å². The zero-order chi connectivity index (χ0) is 15.5. The number of ether oxygens (including phenoxy) is 1. The van der Waals surface area contributed by atoms with Crippen LogP contribution in [0.2, 0.25) is 0 Å². The zero-order valence-electron chi connectivity index (χ0n) is 13.0. The second kappa shape index (κ2) is 6.77. The van der Waals surface area contributed by atoms with Crippen molar-refractivity contribution in [1.82, 2.24) is 9.88 Å². The summed E-state index contributed by atoms with van der Waals surface area (Å²) in [7, 11) is 0. The maximum Gasteiger partial charge on any atom is 0.350 e. The largest absolute Gasteiger partial charge is 0.451 e. The number of aromatic nitrogens is 1. The van der Waals surface area contributed by atoms with Gasteiger partial charge in [-0.1, -0.05) is 12.8 Å². The Labute approximate surface area is 134 Å². The highest BCUT2D eigenvalue weighted by Crippen LogP contribution is 2.37. The molecule has 3 rings (SSSR count). The first-order chi connectivity index (χ1) is 10.6. The maximum atomic E-state index is 12.2. The van der Waals surface area contributed by atoms with Gasteiger partial charge in [-0.2, -0.15) is 0 Å². The lowest BCUT2D eigenvalue weighted by Gasteiger charge is -2.14. The Bertz CT molecular complexity index is 558. The van der Waals surface area contributed by atoms with Crippen LogP contribution < -0.4 is 0 Å². The number of esters is 1. The zero-order valence-corrected chi connectivity index (χ0v) is 13.8. The summed E-state index contributed by atoms with van der Waals surface area (Å²) in [4.78, 5) is 31.0. The Hall–Kier alpha value is -1.43. The third-order valence-corrected chi connectivity index (χ3v) is 5.79. The minimum atomic E-state index is -0.410. The van der Waals surface area contributed by atoms with Crippen LogP contribution in [0.25, 0.3) is 0 Å². The molecule has 0 aromatic carbocycles. The molecule has 0 bridgehead atoms. The number of thiazole rings is 1. The average Bonchev–Trinajstić information content (AvgIpc) is 3.23. The fraction of sp³-hybridized carbons (Fsp3) is 0.688. The summed E-state index contributed by atoms with van der Waals surface area (Å²) in [6.45, 7) is 3.24. The summed E-state index contributed by atoms with van der Waals surface area (Å²) in [5.74, 6) is -0.00712.